The van der Waals surface area contributed by atoms with Gasteiger partial charge in [-0.3, -0.25) is 38.6 Å². The summed E-state index contributed by atoms with van der Waals surface area (Å²) in [5, 5.41) is 23.6. The van der Waals surface area contributed by atoms with Gasteiger partial charge in [0.15, 0.2) is 29.2 Å². The minimum atomic E-state index is -1.56. The molecule has 2 fully saturated rings. The first-order valence-electron chi connectivity index (χ1n) is 34.7. The van der Waals surface area contributed by atoms with Crippen molar-refractivity contribution in [3.05, 3.63) is 125 Å². The molecule has 546 valence electrons. The Kier molecular flexibility index (Phi) is 28.2. The van der Waals surface area contributed by atoms with Crippen molar-refractivity contribution in [1.82, 2.24) is 30.7 Å². The van der Waals surface area contributed by atoms with Gasteiger partial charge in [-0.1, -0.05) is 73.7 Å². The Bertz CT molecular complexity index is 3640. The lowest BCUT2D eigenvalue weighted by molar-refractivity contribution is -0.131. The largest absolute Gasteiger partial charge is 0.493 e. The van der Waals surface area contributed by atoms with Crippen LogP contribution in [0.15, 0.2) is 108 Å². The summed E-state index contributed by atoms with van der Waals surface area (Å²) in [4.78, 5) is 120. The van der Waals surface area contributed by atoms with Gasteiger partial charge >= 0.3 is 6.09 Å². The number of ether oxygens (including phenoxy) is 6. The van der Waals surface area contributed by atoms with E-state index in [0.29, 0.717) is 131 Å². The highest BCUT2D eigenvalue weighted by Crippen LogP contribution is 2.41. The fourth-order valence-corrected chi connectivity index (χ4v) is 12.6. The van der Waals surface area contributed by atoms with Gasteiger partial charge in [0, 0.05) is 93.3 Å². The quantitative estimate of drug-likeness (QED) is 0.0126. The van der Waals surface area contributed by atoms with Gasteiger partial charge in [-0.15, -0.1) is 0 Å². The molecule has 5 unspecified atom stereocenters. The molecular formula is C75H100N10O15S. The number of hydrogen-bond donors (Lipinski definition) is 7. The molecule has 4 heterocycles. The molecule has 0 spiro atoms. The number of benzene rings is 4. The predicted molar refractivity (Wildman–Crippen MR) is 388 cm³/mol. The van der Waals surface area contributed by atoms with Crippen LogP contribution in [0.5, 0.6) is 23.0 Å². The van der Waals surface area contributed by atoms with Crippen LogP contribution in [0, 0.1) is 0 Å². The number of amides is 8. The van der Waals surface area contributed by atoms with Crippen molar-refractivity contribution >= 4 is 83.3 Å². The molecule has 5 atom stereocenters. The zero-order valence-electron chi connectivity index (χ0n) is 59.3. The lowest BCUT2D eigenvalue weighted by Crippen LogP contribution is -2.53. The van der Waals surface area contributed by atoms with Gasteiger partial charge in [0.05, 0.1) is 68.1 Å². The monoisotopic (exact) mass is 1410 g/mol. The fourth-order valence-electron chi connectivity index (χ4n) is 12.2. The van der Waals surface area contributed by atoms with Crippen molar-refractivity contribution in [1.29, 1.82) is 0 Å². The Morgan fingerprint density at radius 3 is 2.11 bits per heavy atom. The van der Waals surface area contributed by atoms with Crippen molar-refractivity contribution < 1.29 is 71.9 Å². The van der Waals surface area contributed by atoms with Gasteiger partial charge in [-0.25, -0.2) is 9.69 Å². The van der Waals surface area contributed by atoms with Crippen LogP contribution in [0.1, 0.15) is 150 Å². The Labute approximate surface area is 597 Å². The lowest BCUT2D eigenvalue weighted by Gasteiger charge is -2.30. The molecule has 8 rings (SSSR count). The minimum absolute atomic E-state index is 0.00347. The number of nitrogens with one attached hydrogen (secondary N) is 4. The van der Waals surface area contributed by atoms with Crippen LogP contribution >= 0.6 is 12.6 Å². The molecule has 0 bridgehead atoms. The summed E-state index contributed by atoms with van der Waals surface area (Å²) in [6.07, 6.45) is 5.22. The molecule has 4 aromatic rings. The van der Waals surface area contributed by atoms with E-state index in [1.54, 1.807) is 52.4 Å². The number of fused-ring (bicyclic) bond motifs is 3. The zero-order valence-corrected chi connectivity index (χ0v) is 60.2. The normalized spacial score (nSPS) is 17.2. The molecular weight excluding hydrogens is 1310 g/mol. The van der Waals surface area contributed by atoms with Crippen LogP contribution in [0.2, 0.25) is 0 Å². The van der Waals surface area contributed by atoms with E-state index in [1.165, 1.54) is 31.3 Å². The molecule has 4 aliphatic rings. The smallest absolute Gasteiger partial charge is 0.416 e. The fraction of sp³-hybridized carbons (Fsp3) is 0.507. The number of thiol groups is 1. The second kappa shape index (κ2) is 36.6. The molecule has 8 amide bonds. The highest BCUT2D eigenvalue weighted by atomic mass is 32.1. The molecule has 0 aliphatic carbocycles. The van der Waals surface area contributed by atoms with Crippen molar-refractivity contribution in [2.24, 2.45) is 10.7 Å². The number of likely N-dealkylation sites (tertiary alicyclic amines) is 1. The number of methoxy groups -OCH3 is 2. The second-order valence-corrected chi connectivity index (χ2v) is 28.0. The number of nitrogens with zero attached hydrogens (tertiary/aromatic N) is 5. The van der Waals surface area contributed by atoms with Crippen LogP contribution in [-0.2, 0) is 46.5 Å². The molecule has 4 aromatic carbocycles. The summed E-state index contributed by atoms with van der Waals surface area (Å²) in [6.45, 7) is 19.7. The van der Waals surface area contributed by atoms with E-state index in [-0.39, 0.29) is 110 Å². The summed E-state index contributed by atoms with van der Waals surface area (Å²) >= 11 is 4.39. The Hall–Kier alpha value is -8.98. The first-order valence-corrected chi connectivity index (χ1v) is 35.2. The molecule has 26 heteroatoms. The molecule has 0 aromatic heterocycles. The number of carbonyl (C=O) groups is 8. The highest BCUT2D eigenvalue weighted by Gasteiger charge is 2.39. The molecule has 0 saturated carbocycles. The van der Waals surface area contributed by atoms with Gasteiger partial charge in [-0.2, -0.15) is 12.6 Å². The summed E-state index contributed by atoms with van der Waals surface area (Å²) in [5.41, 5.74) is 8.92. The van der Waals surface area contributed by atoms with E-state index in [1.807, 2.05) is 65.0 Å². The Morgan fingerprint density at radius 2 is 1.45 bits per heavy atom. The first-order chi connectivity index (χ1) is 48.3. The number of hydrogen-bond acceptors (Lipinski definition) is 18. The van der Waals surface area contributed by atoms with Crippen LogP contribution in [0.4, 0.5) is 21.9 Å². The summed E-state index contributed by atoms with van der Waals surface area (Å²) < 4.78 is 35.9. The Balaban J connectivity index is 0.854. The number of rotatable bonds is 37. The average molecular weight is 1410 g/mol. The van der Waals surface area contributed by atoms with Crippen LogP contribution in [-0.4, -0.2) is 188 Å². The first kappa shape index (κ1) is 77.8. The van der Waals surface area contributed by atoms with Crippen molar-refractivity contribution in [2.75, 3.05) is 83.5 Å². The van der Waals surface area contributed by atoms with Gasteiger partial charge < -0.3 is 75.2 Å². The van der Waals surface area contributed by atoms with Crippen molar-refractivity contribution in [3.8, 4) is 23.0 Å². The van der Waals surface area contributed by atoms with Crippen LogP contribution < -0.4 is 50.8 Å². The van der Waals surface area contributed by atoms with Gasteiger partial charge in [0.1, 0.15) is 18.7 Å². The highest BCUT2D eigenvalue weighted by molar-refractivity contribution is 7.81. The molecule has 4 aliphatic heterocycles. The second-order valence-electron chi connectivity index (χ2n) is 27.3. The van der Waals surface area contributed by atoms with E-state index in [9.17, 15) is 43.5 Å². The number of aliphatic hydroxyl groups is 1. The molecule has 7 N–H and O–H groups in total. The third-order valence-electron chi connectivity index (χ3n) is 18.2. The zero-order chi connectivity index (χ0) is 73.0. The molecule has 101 heavy (non-hydrogen) atoms. The molecule has 0 radical (unpaired) electrons. The van der Waals surface area contributed by atoms with Crippen molar-refractivity contribution in [3.63, 3.8) is 0 Å². The maximum Gasteiger partial charge on any atom is 0.416 e. The van der Waals surface area contributed by atoms with E-state index in [4.69, 9.17) is 34.2 Å². The molecule has 25 nitrogen and oxygen atoms in total. The molecule has 2 saturated heterocycles. The third kappa shape index (κ3) is 22.3. The summed E-state index contributed by atoms with van der Waals surface area (Å²) in [6, 6.07) is 19.9. The maximum atomic E-state index is 14.3. The van der Waals surface area contributed by atoms with E-state index in [0.717, 1.165) is 21.6 Å². The minimum Gasteiger partial charge on any atom is -0.493 e. The summed E-state index contributed by atoms with van der Waals surface area (Å²) in [7, 11) is 2.96. The van der Waals surface area contributed by atoms with Gasteiger partial charge in [-0.05, 0) is 134 Å². The maximum absolute atomic E-state index is 14.3. The lowest BCUT2D eigenvalue weighted by atomic mass is 9.99. The Morgan fingerprint density at radius 1 is 0.752 bits per heavy atom. The SMILES string of the molecule is C=C(CC)CN1CC(O)N(C(=O)OCc2ccc(NC(=O)C(CCCCN)NC(=O)C(Cc3ccccc3)NC(=O)CCC(C)(C)OCCC(C)(C)NC(=O)CCN3CC(S)CC3=O)cc2)c2cc(OCCCCCOc3cc4c(cc3OC)C(=O)N3CC(=C)CC3C=N4)c(OC)cc2C1=O. The topological polar surface area (TPSA) is 312 Å². The van der Waals surface area contributed by atoms with Gasteiger partial charge in [0.25, 0.3) is 11.8 Å². The van der Waals surface area contributed by atoms with Crippen LogP contribution in [0.25, 0.3) is 0 Å². The number of anilines is 2. The third-order valence-corrected chi connectivity index (χ3v) is 18.5. The number of β-amino-alcohol motifs (C(OH)–C–C–N with tert-alkyl or cyclic N) is 1. The number of unbranched alkanes of at least 4 members (excludes halogenated alkanes) is 3. The number of aliphatic imine (C=N–C) groups is 1. The van der Waals surface area contributed by atoms with Gasteiger partial charge in [0.2, 0.25) is 29.5 Å². The standard InChI is InChI=1S/C75H100N10O15S/c1-10-48(2)43-83-46-68(89)85(60-41-64(62(96-9)39-56(60)71(83)92)98-33-18-12-17-32-97-63-40-58-55(38-61(63)95-8)72(93)84-44-49(3)35-53(84)42-77-58)73(94)99-47-51-22-24-52(25-23-51)78-69(90)57(21-15-16-30-76)80-70(91)59(36-50-19-13-11-14-20-50)79-65(86)26-28-75(6,7)100-34-29-74(4,5)81-66(87)27-31-82-45-54(101)37-67(82)88/h11,13-14,19-20,22-25,38-42,53-54,57,59,68,89,101H,2-3,10,12,15-18,21,26-37,43-47,76H2,1,4-9H3,(H,78,90)(H,79,86)(H,80,91)(H,81,87). The van der Waals surface area contributed by atoms with Crippen molar-refractivity contribution in [2.45, 2.75) is 172 Å². The summed E-state index contributed by atoms with van der Waals surface area (Å²) in [5.74, 6) is -0.936. The van der Waals surface area contributed by atoms with Crippen LogP contribution in [0.3, 0.4) is 0 Å². The number of nitrogens with two attached hydrogens (primary N) is 1. The van der Waals surface area contributed by atoms with E-state index in [2.05, 4.69) is 52.0 Å². The predicted octanol–water partition coefficient (Wildman–Crippen LogP) is 8.76. The van der Waals surface area contributed by atoms with E-state index >= 15 is 0 Å². The van der Waals surface area contributed by atoms with E-state index < -0.39 is 59.2 Å². The average Bonchev–Trinajstić information content (AvgIpc) is 1.74. The number of aliphatic hydroxyl groups excluding tert-OH is 1. The number of carbonyl (C=O) groups excluding carboxylic acids is 8.